The summed E-state index contributed by atoms with van der Waals surface area (Å²) < 4.78 is 4.93. The maximum absolute atomic E-state index is 10.8. The quantitative estimate of drug-likeness (QED) is 0.856. The summed E-state index contributed by atoms with van der Waals surface area (Å²) in [6, 6.07) is 1.76. The first-order chi connectivity index (χ1) is 7.27. The van der Waals surface area contributed by atoms with Gasteiger partial charge in [0.25, 0.3) is 0 Å². The van der Waals surface area contributed by atoms with E-state index in [0.717, 1.165) is 11.3 Å². The molecule has 15 heavy (non-hydrogen) atoms. The minimum atomic E-state index is -0.970. The van der Waals surface area contributed by atoms with Crippen LogP contribution in [0.15, 0.2) is 16.7 Å². The van der Waals surface area contributed by atoms with Crippen molar-refractivity contribution in [2.75, 3.05) is 0 Å². The topological polar surface area (TPSA) is 50.4 Å². The van der Waals surface area contributed by atoms with E-state index in [-0.39, 0.29) is 5.76 Å². The highest BCUT2D eigenvalue weighted by Gasteiger charge is 2.18. The second-order valence-corrected chi connectivity index (χ2v) is 5.09. The molecule has 82 valence electrons. The third-order valence-corrected chi connectivity index (χ3v) is 4.14. The number of rotatable bonds is 4. The van der Waals surface area contributed by atoms with E-state index in [0.29, 0.717) is 5.25 Å². The lowest BCUT2D eigenvalue weighted by atomic mass is 10.3. The lowest BCUT2D eigenvalue weighted by molar-refractivity contribution is 0.0661. The molecule has 1 saturated carbocycles. The molecule has 0 amide bonds. The number of carboxylic acid groups (broad SMARTS) is 1. The average Bonchev–Trinajstić information content (AvgIpc) is 2.86. The molecule has 2 rings (SSSR count). The molecule has 1 fully saturated rings. The van der Waals surface area contributed by atoms with Crippen molar-refractivity contribution in [1.29, 1.82) is 0 Å². The van der Waals surface area contributed by atoms with Gasteiger partial charge in [-0.15, -0.1) is 0 Å². The number of carbonyl (C=O) groups is 1. The van der Waals surface area contributed by atoms with E-state index >= 15 is 0 Å². The molecule has 0 unspecified atom stereocenters. The first-order valence-corrected chi connectivity index (χ1v) is 6.23. The molecule has 1 heterocycles. The Hall–Kier alpha value is -0.900. The summed E-state index contributed by atoms with van der Waals surface area (Å²) in [4.78, 5) is 10.8. The van der Waals surface area contributed by atoms with Gasteiger partial charge in [0.05, 0.1) is 6.26 Å². The van der Waals surface area contributed by atoms with E-state index in [9.17, 15) is 4.79 Å². The fourth-order valence-electron chi connectivity index (χ4n) is 1.90. The van der Waals surface area contributed by atoms with Gasteiger partial charge in [-0.05, 0) is 18.9 Å². The maximum Gasteiger partial charge on any atom is 0.372 e. The minimum Gasteiger partial charge on any atom is -0.475 e. The van der Waals surface area contributed by atoms with Gasteiger partial charge in [0, 0.05) is 16.6 Å². The predicted octanol–water partition coefficient (Wildman–Crippen LogP) is 3.15. The minimum absolute atomic E-state index is 0.0977. The third kappa shape index (κ3) is 2.56. The van der Waals surface area contributed by atoms with Crippen LogP contribution >= 0.6 is 11.8 Å². The maximum atomic E-state index is 10.8. The molecule has 4 heteroatoms. The molecule has 1 aliphatic carbocycles. The standard InChI is InChI=1S/C11H14O3S/c12-11(13)10-8(5-6-14-10)7-15-9-3-1-2-4-9/h5-6,9H,1-4,7H2,(H,12,13). The van der Waals surface area contributed by atoms with E-state index in [1.54, 1.807) is 6.07 Å². The van der Waals surface area contributed by atoms with Gasteiger partial charge >= 0.3 is 5.97 Å². The van der Waals surface area contributed by atoms with Crippen LogP contribution in [0.4, 0.5) is 0 Å². The summed E-state index contributed by atoms with van der Waals surface area (Å²) in [5.74, 6) is -0.120. The molecule has 0 spiro atoms. The van der Waals surface area contributed by atoms with Gasteiger partial charge in [0.1, 0.15) is 0 Å². The largest absolute Gasteiger partial charge is 0.475 e. The fourth-order valence-corrected chi connectivity index (χ4v) is 3.21. The summed E-state index contributed by atoms with van der Waals surface area (Å²) in [5, 5.41) is 9.55. The Balaban J connectivity index is 1.92. The molecule has 1 aromatic rings. The molecule has 0 aromatic carbocycles. The van der Waals surface area contributed by atoms with Crippen LogP contribution in [0.1, 0.15) is 41.8 Å². The number of furan rings is 1. The molecule has 3 nitrogen and oxygen atoms in total. The molecule has 0 saturated heterocycles. The van der Waals surface area contributed by atoms with E-state index in [2.05, 4.69) is 0 Å². The van der Waals surface area contributed by atoms with Gasteiger partial charge in [0.15, 0.2) is 0 Å². The van der Waals surface area contributed by atoms with Crippen molar-refractivity contribution in [3.63, 3.8) is 0 Å². The molecular weight excluding hydrogens is 212 g/mol. The molecule has 0 aliphatic heterocycles. The zero-order chi connectivity index (χ0) is 10.7. The Labute approximate surface area is 92.9 Å². The van der Waals surface area contributed by atoms with Crippen LogP contribution in [0.25, 0.3) is 0 Å². The Bertz CT molecular complexity index is 339. The van der Waals surface area contributed by atoms with Gasteiger partial charge < -0.3 is 9.52 Å². The van der Waals surface area contributed by atoms with Crippen LogP contribution in [0.2, 0.25) is 0 Å². The summed E-state index contributed by atoms with van der Waals surface area (Å²) in [5.41, 5.74) is 0.805. The third-order valence-electron chi connectivity index (χ3n) is 2.72. The Morgan fingerprint density at radius 2 is 2.27 bits per heavy atom. The number of hydrogen-bond donors (Lipinski definition) is 1. The van der Waals surface area contributed by atoms with Crippen molar-refractivity contribution in [2.24, 2.45) is 0 Å². The summed E-state index contributed by atoms with van der Waals surface area (Å²) in [6.45, 7) is 0. The van der Waals surface area contributed by atoms with Gasteiger partial charge in [-0.3, -0.25) is 0 Å². The summed E-state index contributed by atoms with van der Waals surface area (Å²) in [6.07, 6.45) is 6.62. The highest BCUT2D eigenvalue weighted by Crippen LogP contribution is 2.32. The average molecular weight is 226 g/mol. The Kier molecular flexibility index (Phi) is 3.36. The fraction of sp³-hybridized carbons (Fsp3) is 0.545. The van der Waals surface area contributed by atoms with Gasteiger partial charge in [-0.2, -0.15) is 11.8 Å². The van der Waals surface area contributed by atoms with Crippen molar-refractivity contribution in [2.45, 2.75) is 36.7 Å². The van der Waals surface area contributed by atoms with Gasteiger partial charge in [0.2, 0.25) is 5.76 Å². The first-order valence-electron chi connectivity index (χ1n) is 5.18. The number of hydrogen-bond acceptors (Lipinski definition) is 3. The number of aromatic carboxylic acids is 1. The normalized spacial score (nSPS) is 17.1. The highest BCUT2D eigenvalue weighted by atomic mass is 32.2. The van der Waals surface area contributed by atoms with Crippen LogP contribution in [0.3, 0.4) is 0 Å². The second-order valence-electron chi connectivity index (χ2n) is 3.80. The lowest BCUT2D eigenvalue weighted by Crippen LogP contribution is -2.00. The van der Waals surface area contributed by atoms with Crippen LogP contribution in [0.5, 0.6) is 0 Å². The van der Waals surface area contributed by atoms with E-state index in [1.807, 2.05) is 11.8 Å². The van der Waals surface area contributed by atoms with Crippen molar-refractivity contribution < 1.29 is 14.3 Å². The Morgan fingerprint density at radius 3 is 2.93 bits per heavy atom. The first kappa shape index (κ1) is 10.6. The van der Waals surface area contributed by atoms with Gasteiger partial charge in [-0.1, -0.05) is 12.8 Å². The van der Waals surface area contributed by atoms with Crippen molar-refractivity contribution in [1.82, 2.24) is 0 Å². The van der Waals surface area contributed by atoms with Crippen LogP contribution in [-0.4, -0.2) is 16.3 Å². The van der Waals surface area contributed by atoms with Crippen LogP contribution in [-0.2, 0) is 5.75 Å². The van der Waals surface area contributed by atoms with E-state index in [4.69, 9.17) is 9.52 Å². The summed E-state index contributed by atoms with van der Waals surface area (Å²) >= 11 is 1.85. The number of carboxylic acids is 1. The Morgan fingerprint density at radius 1 is 1.53 bits per heavy atom. The molecule has 0 bridgehead atoms. The second kappa shape index (κ2) is 4.75. The zero-order valence-corrected chi connectivity index (χ0v) is 9.26. The SMILES string of the molecule is O=C(O)c1occc1CSC1CCCC1. The van der Waals surface area contributed by atoms with Gasteiger partial charge in [-0.25, -0.2) is 4.79 Å². The summed E-state index contributed by atoms with van der Waals surface area (Å²) in [7, 11) is 0. The zero-order valence-electron chi connectivity index (χ0n) is 8.44. The predicted molar refractivity (Wildman–Crippen MR) is 59.2 cm³/mol. The monoisotopic (exact) mass is 226 g/mol. The molecule has 0 radical (unpaired) electrons. The van der Waals surface area contributed by atoms with Crippen molar-refractivity contribution in [3.8, 4) is 0 Å². The van der Waals surface area contributed by atoms with Crippen molar-refractivity contribution >= 4 is 17.7 Å². The van der Waals surface area contributed by atoms with E-state index < -0.39 is 5.97 Å². The molecular formula is C11H14O3S. The molecule has 0 atom stereocenters. The highest BCUT2D eigenvalue weighted by molar-refractivity contribution is 7.99. The number of thioether (sulfide) groups is 1. The molecule has 1 aromatic heterocycles. The van der Waals surface area contributed by atoms with Crippen LogP contribution < -0.4 is 0 Å². The van der Waals surface area contributed by atoms with E-state index in [1.165, 1.54) is 31.9 Å². The van der Waals surface area contributed by atoms with Crippen molar-refractivity contribution in [3.05, 3.63) is 23.7 Å². The molecule has 1 aliphatic rings. The smallest absolute Gasteiger partial charge is 0.372 e. The van der Waals surface area contributed by atoms with Crippen LogP contribution in [0, 0.1) is 0 Å². The molecule has 1 N–H and O–H groups in total. The lowest BCUT2D eigenvalue weighted by Gasteiger charge is -2.07.